The smallest absolute Gasteiger partial charge is 0.289 e. The summed E-state index contributed by atoms with van der Waals surface area (Å²) in [7, 11) is 1.59. The van der Waals surface area contributed by atoms with Crippen molar-refractivity contribution < 1.29 is 23.5 Å². The van der Waals surface area contributed by atoms with Gasteiger partial charge in [-0.05, 0) is 44.2 Å². The lowest BCUT2D eigenvalue weighted by molar-refractivity contribution is -0.150. The second-order valence-electron chi connectivity index (χ2n) is 7.90. The van der Waals surface area contributed by atoms with Gasteiger partial charge < -0.3 is 23.7 Å². The van der Waals surface area contributed by atoms with E-state index in [0.29, 0.717) is 31.2 Å². The number of hydrogen-bond acceptors (Lipinski definition) is 5. The van der Waals surface area contributed by atoms with E-state index in [9.17, 15) is 9.59 Å². The van der Waals surface area contributed by atoms with E-state index in [1.807, 2.05) is 0 Å². The van der Waals surface area contributed by atoms with Gasteiger partial charge in [0.25, 0.3) is 5.91 Å². The predicted molar refractivity (Wildman–Crippen MR) is 97.2 cm³/mol. The van der Waals surface area contributed by atoms with Crippen LogP contribution in [0.4, 0.5) is 0 Å². The molecule has 0 bridgehead atoms. The molecule has 4 rings (SSSR count). The average molecular weight is 376 g/mol. The van der Waals surface area contributed by atoms with Crippen LogP contribution in [0.2, 0.25) is 0 Å². The van der Waals surface area contributed by atoms with Crippen molar-refractivity contribution in [2.45, 2.75) is 44.8 Å². The van der Waals surface area contributed by atoms with Crippen LogP contribution in [0.5, 0.6) is 0 Å². The van der Waals surface area contributed by atoms with Crippen molar-refractivity contribution in [1.82, 2.24) is 9.80 Å². The van der Waals surface area contributed by atoms with Crippen LogP contribution in [0.1, 0.15) is 48.4 Å². The predicted octanol–water partition coefficient (Wildman–Crippen LogP) is 2.06. The van der Waals surface area contributed by atoms with Gasteiger partial charge in [-0.25, -0.2) is 0 Å². The Morgan fingerprint density at radius 3 is 2.85 bits per heavy atom. The molecular formula is C20H28N2O5. The molecule has 0 aromatic carbocycles. The molecule has 1 aromatic rings. The van der Waals surface area contributed by atoms with Crippen LogP contribution >= 0.6 is 0 Å². The number of rotatable bonds is 4. The molecule has 1 atom stereocenters. The minimum atomic E-state index is -0.422. The summed E-state index contributed by atoms with van der Waals surface area (Å²) >= 11 is 0. The topological polar surface area (TPSA) is 72.2 Å². The van der Waals surface area contributed by atoms with Crippen LogP contribution in [0, 0.1) is 5.41 Å². The molecule has 7 heteroatoms. The largest absolute Gasteiger partial charge is 0.453 e. The van der Waals surface area contributed by atoms with Gasteiger partial charge in [-0.2, -0.15) is 0 Å². The number of piperidine rings is 1. The average Bonchev–Trinajstić information content (AvgIpc) is 3.33. The number of amides is 2. The molecule has 4 heterocycles. The number of carbonyl (C=O) groups is 2. The van der Waals surface area contributed by atoms with Gasteiger partial charge in [0, 0.05) is 46.0 Å². The van der Waals surface area contributed by atoms with Crippen LogP contribution in [0.25, 0.3) is 0 Å². The summed E-state index contributed by atoms with van der Waals surface area (Å²) in [5, 5.41) is 0. The maximum atomic E-state index is 13.3. The van der Waals surface area contributed by atoms with Crippen molar-refractivity contribution >= 4 is 11.8 Å². The van der Waals surface area contributed by atoms with Gasteiger partial charge in [0.2, 0.25) is 5.91 Å². The first-order valence-electron chi connectivity index (χ1n) is 9.89. The number of ether oxygens (including phenoxy) is 2. The Morgan fingerprint density at radius 2 is 2.07 bits per heavy atom. The summed E-state index contributed by atoms with van der Waals surface area (Å²) in [6.45, 7) is 3.73. The molecule has 2 amide bonds. The highest BCUT2D eigenvalue weighted by molar-refractivity contribution is 5.93. The van der Waals surface area contributed by atoms with Gasteiger partial charge >= 0.3 is 0 Å². The molecule has 3 aliphatic rings. The molecule has 0 radical (unpaired) electrons. The molecule has 3 saturated heterocycles. The Bertz CT molecular complexity index is 696. The molecule has 0 saturated carbocycles. The van der Waals surface area contributed by atoms with Gasteiger partial charge in [0.15, 0.2) is 5.76 Å². The quantitative estimate of drug-likeness (QED) is 0.804. The molecule has 7 nitrogen and oxygen atoms in total. The second kappa shape index (κ2) is 7.64. The molecule has 1 aromatic heterocycles. The fraction of sp³-hybridized carbons (Fsp3) is 0.700. The maximum absolute atomic E-state index is 13.3. The summed E-state index contributed by atoms with van der Waals surface area (Å²) in [5.41, 5.74) is -0.422. The number of methoxy groups -OCH3 is 1. The molecule has 0 N–H and O–H groups in total. The third-order valence-electron chi connectivity index (χ3n) is 6.20. The van der Waals surface area contributed by atoms with Crippen LogP contribution < -0.4 is 0 Å². The fourth-order valence-electron chi connectivity index (χ4n) is 4.74. The van der Waals surface area contributed by atoms with Crippen LogP contribution in [-0.2, 0) is 20.9 Å². The summed E-state index contributed by atoms with van der Waals surface area (Å²) in [5.74, 6) is 1.05. The van der Waals surface area contributed by atoms with Gasteiger partial charge in [-0.3, -0.25) is 9.59 Å². The number of likely N-dealkylation sites (tertiary alicyclic amines) is 2. The minimum absolute atomic E-state index is 0.134. The first-order valence-corrected chi connectivity index (χ1v) is 9.89. The van der Waals surface area contributed by atoms with E-state index in [1.54, 1.807) is 24.1 Å². The van der Waals surface area contributed by atoms with E-state index < -0.39 is 5.41 Å². The molecule has 0 aliphatic carbocycles. The Hall–Kier alpha value is -1.86. The zero-order valence-corrected chi connectivity index (χ0v) is 15.9. The van der Waals surface area contributed by atoms with Gasteiger partial charge in [0.05, 0.1) is 5.41 Å². The minimum Gasteiger partial charge on any atom is -0.453 e. The van der Waals surface area contributed by atoms with Crippen LogP contribution in [-0.4, -0.2) is 67.6 Å². The fourth-order valence-corrected chi connectivity index (χ4v) is 4.74. The number of furan rings is 1. The van der Waals surface area contributed by atoms with E-state index in [0.717, 1.165) is 51.9 Å². The highest BCUT2D eigenvalue weighted by Crippen LogP contribution is 2.41. The Labute approximate surface area is 159 Å². The highest BCUT2D eigenvalue weighted by Gasteiger charge is 2.50. The van der Waals surface area contributed by atoms with E-state index in [4.69, 9.17) is 13.9 Å². The van der Waals surface area contributed by atoms with E-state index >= 15 is 0 Å². The Balaban J connectivity index is 1.45. The molecule has 27 heavy (non-hydrogen) atoms. The van der Waals surface area contributed by atoms with Crippen molar-refractivity contribution in [1.29, 1.82) is 0 Å². The van der Waals surface area contributed by atoms with Gasteiger partial charge in [-0.15, -0.1) is 0 Å². The zero-order valence-electron chi connectivity index (χ0n) is 15.9. The van der Waals surface area contributed by atoms with E-state index in [-0.39, 0.29) is 17.9 Å². The lowest BCUT2D eigenvalue weighted by Gasteiger charge is -2.44. The van der Waals surface area contributed by atoms with Gasteiger partial charge in [-0.1, -0.05) is 0 Å². The van der Waals surface area contributed by atoms with Crippen molar-refractivity contribution in [2.24, 2.45) is 5.41 Å². The summed E-state index contributed by atoms with van der Waals surface area (Å²) in [6, 6.07) is 3.75. The normalized spacial score (nSPS) is 26.9. The first kappa shape index (κ1) is 18.5. The molecule has 148 valence electrons. The lowest BCUT2D eigenvalue weighted by Crippen LogP contribution is -2.55. The lowest BCUT2D eigenvalue weighted by atomic mass is 9.77. The van der Waals surface area contributed by atoms with Crippen molar-refractivity contribution in [3.8, 4) is 0 Å². The molecule has 1 unspecified atom stereocenters. The number of nitrogens with zero attached hydrogens (tertiary/aromatic N) is 2. The Kier molecular flexibility index (Phi) is 5.23. The highest BCUT2D eigenvalue weighted by atomic mass is 16.5. The number of carbonyl (C=O) groups excluding carboxylic acids is 2. The second-order valence-corrected chi connectivity index (χ2v) is 7.90. The van der Waals surface area contributed by atoms with Gasteiger partial charge in [0.1, 0.15) is 12.4 Å². The third-order valence-corrected chi connectivity index (χ3v) is 6.20. The molecule has 1 spiro atoms. The van der Waals surface area contributed by atoms with Crippen LogP contribution in [0.3, 0.4) is 0 Å². The summed E-state index contributed by atoms with van der Waals surface area (Å²) < 4.78 is 16.1. The summed E-state index contributed by atoms with van der Waals surface area (Å²) in [6.07, 6.45) is 4.44. The molecule has 3 aliphatic heterocycles. The van der Waals surface area contributed by atoms with Crippen molar-refractivity contribution in [3.63, 3.8) is 0 Å². The number of hydrogen-bond donors (Lipinski definition) is 0. The monoisotopic (exact) mass is 376 g/mol. The van der Waals surface area contributed by atoms with Crippen molar-refractivity contribution in [2.75, 3.05) is 40.0 Å². The van der Waals surface area contributed by atoms with Crippen molar-refractivity contribution in [3.05, 3.63) is 23.7 Å². The first-order chi connectivity index (χ1) is 13.1. The van der Waals surface area contributed by atoms with Crippen LogP contribution in [0.15, 0.2) is 16.5 Å². The van der Waals surface area contributed by atoms with E-state index in [1.165, 1.54) is 0 Å². The Morgan fingerprint density at radius 1 is 1.26 bits per heavy atom. The maximum Gasteiger partial charge on any atom is 0.289 e. The third kappa shape index (κ3) is 3.50. The molecular weight excluding hydrogens is 348 g/mol. The SMILES string of the molecule is COCc1ccc(C(=O)N2CCC3(CCCN(C4CCOCC4)C3=O)C2)o1. The standard InChI is InChI=1S/C20H28N2O5/c1-25-13-16-3-4-17(27-16)18(23)21-10-8-20(14-21)7-2-9-22(19(20)24)15-5-11-26-12-6-15/h3-4,15H,2,5-14H2,1H3. The molecule has 3 fully saturated rings. The zero-order chi connectivity index (χ0) is 18.9. The summed E-state index contributed by atoms with van der Waals surface area (Å²) in [4.78, 5) is 30.0. The van der Waals surface area contributed by atoms with E-state index in [2.05, 4.69) is 4.90 Å².